The van der Waals surface area contributed by atoms with E-state index >= 15 is 0 Å². The third kappa shape index (κ3) is 2.47. The molecule has 0 bridgehead atoms. The molecule has 0 aliphatic carbocycles. The number of carbonyl (C=O) groups is 1. The first-order valence-electron chi connectivity index (χ1n) is 8.58. The van der Waals surface area contributed by atoms with Crippen LogP contribution in [0.15, 0.2) is 48.5 Å². The maximum absolute atomic E-state index is 12.1. The highest BCUT2D eigenvalue weighted by Crippen LogP contribution is 2.29. The molecular formula is C20H22N2O2. The predicted octanol–water partition coefficient (Wildman–Crippen LogP) is 3.02. The van der Waals surface area contributed by atoms with Crippen molar-refractivity contribution in [1.29, 1.82) is 0 Å². The molecule has 1 aliphatic rings. The van der Waals surface area contributed by atoms with E-state index in [0.717, 1.165) is 24.0 Å². The van der Waals surface area contributed by atoms with Gasteiger partial charge in [0.1, 0.15) is 0 Å². The fourth-order valence-corrected chi connectivity index (χ4v) is 3.80. The van der Waals surface area contributed by atoms with Gasteiger partial charge in [0.25, 0.3) is 0 Å². The van der Waals surface area contributed by atoms with E-state index in [1.807, 2.05) is 31.2 Å². The number of likely N-dealkylation sites (tertiary alicyclic amines) is 1. The normalized spacial score (nSPS) is 19.5. The molecule has 2 aromatic carbocycles. The van der Waals surface area contributed by atoms with Crippen LogP contribution in [0, 0.1) is 5.92 Å². The SMILES string of the molecule is C[C@@H]1CCN(CC(O)Cn2c3ccccc3c3ccccc32)C1=O. The molecule has 4 rings (SSSR count). The summed E-state index contributed by atoms with van der Waals surface area (Å²) in [6, 6.07) is 16.5. The highest BCUT2D eigenvalue weighted by atomic mass is 16.3. The predicted molar refractivity (Wildman–Crippen MR) is 95.8 cm³/mol. The molecule has 4 heteroatoms. The second-order valence-electron chi connectivity index (χ2n) is 6.77. The molecule has 2 atom stereocenters. The Hall–Kier alpha value is -2.33. The summed E-state index contributed by atoms with van der Waals surface area (Å²) in [6.07, 6.45) is 0.319. The Bertz CT molecular complexity index is 846. The number of β-amino-alcohol motifs (C(OH)–C–C–N with tert-alkyl or cyclic N) is 1. The van der Waals surface area contributed by atoms with E-state index in [1.54, 1.807) is 4.90 Å². The van der Waals surface area contributed by atoms with Crippen molar-refractivity contribution in [3.8, 4) is 0 Å². The molecule has 0 saturated carbocycles. The van der Waals surface area contributed by atoms with E-state index in [2.05, 4.69) is 28.8 Å². The summed E-state index contributed by atoms with van der Waals surface area (Å²) in [5.41, 5.74) is 2.25. The zero-order valence-corrected chi connectivity index (χ0v) is 13.9. The number of benzene rings is 2. The van der Waals surface area contributed by atoms with Crippen molar-refractivity contribution in [2.75, 3.05) is 13.1 Å². The van der Waals surface area contributed by atoms with Crippen molar-refractivity contribution in [3.63, 3.8) is 0 Å². The number of aromatic nitrogens is 1. The lowest BCUT2D eigenvalue weighted by atomic mass is 10.1. The smallest absolute Gasteiger partial charge is 0.225 e. The van der Waals surface area contributed by atoms with Gasteiger partial charge >= 0.3 is 0 Å². The van der Waals surface area contributed by atoms with Crippen molar-refractivity contribution in [1.82, 2.24) is 9.47 Å². The van der Waals surface area contributed by atoms with Crippen LogP contribution in [0.1, 0.15) is 13.3 Å². The fourth-order valence-electron chi connectivity index (χ4n) is 3.80. The molecule has 1 aromatic heterocycles. The van der Waals surface area contributed by atoms with Gasteiger partial charge in [-0.3, -0.25) is 4.79 Å². The van der Waals surface area contributed by atoms with E-state index in [0.29, 0.717) is 13.1 Å². The lowest BCUT2D eigenvalue weighted by Gasteiger charge is -2.21. The average Bonchev–Trinajstić information content (AvgIpc) is 3.08. The van der Waals surface area contributed by atoms with Crippen LogP contribution in [0.5, 0.6) is 0 Å². The summed E-state index contributed by atoms with van der Waals surface area (Å²) in [5.74, 6) is 0.252. The maximum Gasteiger partial charge on any atom is 0.225 e. The molecular weight excluding hydrogens is 300 g/mol. The number of amides is 1. The van der Waals surface area contributed by atoms with Crippen LogP contribution in [-0.4, -0.2) is 39.7 Å². The number of aliphatic hydroxyl groups excluding tert-OH is 1. The Morgan fingerprint density at radius 2 is 1.62 bits per heavy atom. The average molecular weight is 322 g/mol. The van der Waals surface area contributed by atoms with Crippen LogP contribution in [0.25, 0.3) is 21.8 Å². The highest BCUT2D eigenvalue weighted by molar-refractivity contribution is 6.07. The van der Waals surface area contributed by atoms with Gasteiger partial charge in [0.15, 0.2) is 0 Å². The minimum absolute atomic E-state index is 0.0884. The Morgan fingerprint density at radius 1 is 1.04 bits per heavy atom. The first-order chi connectivity index (χ1) is 11.6. The number of para-hydroxylation sites is 2. The molecule has 124 valence electrons. The lowest BCUT2D eigenvalue weighted by molar-refractivity contribution is -0.131. The Balaban J connectivity index is 1.65. The Morgan fingerprint density at radius 3 is 2.17 bits per heavy atom. The van der Waals surface area contributed by atoms with Crippen LogP contribution in [0.4, 0.5) is 0 Å². The molecule has 1 fully saturated rings. The molecule has 1 N–H and O–H groups in total. The van der Waals surface area contributed by atoms with E-state index in [4.69, 9.17) is 0 Å². The molecule has 3 aromatic rings. The number of fused-ring (bicyclic) bond motifs is 3. The molecule has 1 unspecified atom stereocenters. The zero-order valence-electron chi connectivity index (χ0n) is 13.9. The van der Waals surface area contributed by atoms with E-state index in [-0.39, 0.29) is 11.8 Å². The lowest BCUT2D eigenvalue weighted by Crippen LogP contribution is -2.36. The van der Waals surface area contributed by atoms with Gasteiger partial charge in [0.2, 0.25) is 5.91 Å². The summed E-state index contributed by atoms with van der Waals surface area (Å²) < 4.78 is 2.17. The number of aliphatic hydroxyl groups is 1. The third-order valence-electron chi connectivity index (χ3n) is 5.07. The monoisotopic (exact) mass is 322 g/mol. The summed E-state index contributed by atoms with van der Waals surface area (Å²) in [7, 11) is 0. The van der Waals surface area contributed by atoms with Crippen molar-refractivity contribution in [3.05, 3.63) is 48.5 Å². The highest BCUT2D eigenvalue weighted by Gasteiger charge is 2.29. The molecule has 4 nitrogen and oxygen atoms in total. The fraction of sp³-hybridized carbons (Fsp3) is 0.350. The maximum atomic E-state index is 12.1. The van der Waals surface area contributed by atoms with Crippen LogP contribution in [0.2, 0.25) is 0 Å². The van der Waals surface area contributed by atoms with Crippen molar-refractivity contribution in [2.24, 2.45) is 5.92 Å². The van der Waals surface area contributed by atoms with Gasteiger partial charge in [-0.1, -0.05) is 43.3 Å². The summed E-state index contributed by atoms with van der Waals surface area (Å²) in [4.78, 5) is 13.9. The first-order valence-corrected chi connectivity index (χ1v) is 8.58. The Kier molecular flexibility index (Phi) is 3.77. The minimum atomic E-state index is -0.571. The zero-order chi connectivity index (χ0) is 16.7. The topological polar surface area (TPSA) is 45.5 Å². The van der Waals surface area contributed by atoms with Gasteiger partial charge in [0, 0.05) is 40.8 Å². The van der Waals surface area contributed by atoms with E-state index < -0.39 is 6.10 Å². The van der Waals surface area contributed by atoms with Crippen LogP contribution in [-0.2, 0) is 11.3 Å². The van der Waals surface area contributed by atoms with Crippen molar-refractivity contribution >= 4 is 27.7 Å². The second-order valence-corrected chi connectivity index (χ2v) is 6.77. The van der Waals surface area contributed by atoms with Gasteiger partial charge in [-0.15, -0.1) is 0 Å². The van der Waals surface area contributed by atoms with Crippen LogP contribution in [0.3, 0.4) is 0 Å². The number of nitrogens with zero attached hydrogens (tertiary/aromatic N) is 2. The molecule has 1 amide bonds. The number of hydrogen-bond acceptors (Lipinski definition) is 2. The van der Waals surface area contributed by atoms with Crippen molar-refractivity contribution < 1.29 is 9.90 Å². The number of carbonyl (C=O) groups excluding carboxylic acids is 1. The van der Waals surface area contributed by atoms with Gasteiger partial charge < -0.3 is 14.6 Å². The molecule has 0 spiro atoms. The minimum Gasteiger partial charge on any atom is -0.389 e. The second kappa shape index (κ2) is 5.95. The largest absolute Gasteiger partial charge is 0.389 e. The third-order valence-corrected chi connectivity index (χ3v) is 5.07. The summed E-state index contributed by atoms with van der Waals surface area (Å²) in [6.45, 7) is 3.61. The number of rotatable bonds is 4. The van der Waals surface area contributed by atoms with Gasteiger partial charge in [-0.2, -0.15) is 0 Å². The standard InChI is InChI=1S/C20H22N2O2/c1-14-10-11-21(20(14)24)12-15(23)13-22-18-8-4-2-6-16(18)17-7-3-5-9-19(17)22/h2-9,14-15,23H,10-13H2,1H3/t14-,15?/m1/s1. The van der Waals surface area contributed by atoms with Crippen LogP contribution < -0.4 is 0 Å². The molecule has 1 saturated heterocycles. The van der Waals surface area contributed by atoms with Crippen molar-refractivity contribution in [2.45, 2.75) is 26.0 Å². The van der Waals surface area contributed by atoms with E-state index in [9.17, 15) is 9.90 Å². The van der Waals surface area contributed by atoms with Crippen LogP contribution >= 0.6 is 0 Å². The van der Waals surface area contributed by atoms with Gasteiger partial charge in [0.05, 0.1) is 12.6 Å². The quantitative estimate of drug-likeness (QED) is 0.802. The number of hydrogen-bond donors (Lipinski definition) is 1. The molecule has 0 radical (unpaired) electrons. The summed E-state index contributed by atoms with van der Waals surface area (Å²) >= 11 is 0. The molecule has 1 aliphatic heterocycles. The Labute approximate surface area is 141 Å². The van der Waals surface area contributed by atoms with Gasteiger partial charge in [-0.25, -0.2) is 0 Å². The van der Waals surface area contributed by atoms with Gasteiger partial charge in [-0.05, 0) is 18.6 Å². The molecule has 2 heterocycles. The van der Waals surface area contributed by atoms with E-state index in [1.165, 1.54) is 10.8 Å². The first kappa shape index (κ1) is 15.2. The summed E-state index contributed by atoms with van der Waals surface area (Å²) in [5, 5.41) is 13.0. The molecule has 24 heavy (non-hydrogen) atoms.